The van der Waals surface area contributed by atoms with Crippen LogP contribution in [0.1, 0.15) is 6.42 Å². The van der Waals surface area contributed by atoms with Gasteiger partial charge in [-0.25, -0.2) is 0 Å². The van der Waals surface area contributed by atoms with Crippen molar-refractivity contribution in [1.82, 2.24) is 4.90 Å². The molecule has 2 aliphatic heterocycles. The smallest absolute Gasteiger partial charge is 0.238 e. The molecule has 2 amide bonds. The minimum Gasteiger partial charge on any atom is -0.367 e. The van der Waals surface area contributed by atoms with Crippen molar-refractivity contribution < 1.29 is 9.59 Å². The summed E-state index contributed by atoms with van der Waals surface area (Å²) >= 11 is 13.7. The number of nitrogens with zero attached hydrogens (tertiary/aromatic N) is 2. The topological polar surface area (TPSA) is 52.7 Å². The number of hydrogen-bond donors (Lipinski definition) is 1. The van der Waals surface area contributed by atoms with Crippen LogP contribution >= 0.6 is 35.0 Å². The van der Waals surface area contributed by atoms with E-state index in [1.54, 1.807) is 12.1 Å². The Hall–Kier alpha value is -1.89. The monoisotopic (exact) mass is 435 g/mol. The van der Waals surface area contributed by atoms with Crippen LogP contribution in [0.5, 0.6) is 0 Å². The molecule has 4 rings (SSSR count). The van der Waals surface area contributed by atoms with E-state index in [2.05, 4.69) is 10.2 Å². The Morgan fingerprint density at radius 1 is 1.11 bits per heavy atom. The SMILES string of the molecule is O=C1Nc2cc(Cl)ccc2S[C@@H]1CC(=O)N1CCN(c2ccccc2Cl)CC1. The van der Waals surface area contributed by atoms with Crippen LogP contribution in [0.2, 0.25) is 10.0 Å². The van der Waals surface area contributed by atoms with Gasteiger partial charge < -0.3 is 15.1 Å². The lowest BCUT2D eigenvalue weighted by molar-refractivity contribution is -0.132. The van der Waals surface area contributed by atoms with Crippen LogP contribution in [0.15, 0.2) is 47.4 Å². The molecule has 0 saturated carbocycles. The number of carbonyl (C=O) groups excluding carboxylic acids is 2. The van der Waals surface area contributed by atoms with Crippen molar-refractivity contribution in [3.05, 3.63) is 52.5 Å². The predicted octanol–water partition coefficient (Wildman–Crippen LogP) is 4.15. The fraction of sp³-hybridized carbons (Fsp3) is 0.300. The Morgan fingerprint density at radius 3 is 2.61 bits per heavy atom. The summed E-state index contributed by atoms with van der Waals surface area (Å²) in [6.45, 7) is 2.69. The molecule has 0 aromatic heterocycles. The third-order valence-electron chi connectivity index (χ3n) is 4.95. The number of anilines is 2. The number of rotatable bonds is 3. The van der Waals surface area contributed by atoms with E-state index in [0.29, 0.717) is 23.8 Å². The summed E-state index contributed by atoms with van der Waals surface area (Å²) in [6.07, 6.45) is 0.185. The van der Waals surface area contributed by atoms with Crippen molar-refractivity contribution in [2.45, 2.75) is 16.6 Å². The second-order valence-corrected chi connectivity index (χ2v) is 8.85. The number of benzene rings is 2. The van der Waals surface area contributed by atoms with Gasteiger partial charge in [-0.15, -0.1) is 11.8 Å². The van der Waals surface area contributed by atoms with Gasteiger partial charge >= 0.3 is 0 Å². The van der Waals surface area contributed by atoms with Gasteiger partial charge in [-0.05, 0) is 30.3 Å². The molecule has 0 aliphatic carbocycles. The molecule has 1 atom stereocenters. The van der Waals surface area contributed by atoms with Crippen LogP contribution in [-0.2, 0) is 9.59 Å². The average Bonchev–Trinajstić information content (AvgIpc) is 2.69. The Labute approximate surface area is 178 Å². The molecule has 2 aliphatic rings. The Kier molecular flexibility index (Phi) is 5.71. The van der Waals surface area contributed by atoms with Crippen LogP contribution in [-0.4, -0.2) is 48.1 Å². The van der Waals surface area contributed by atoms with Crippen molar-refractivity contribution in [3.63, 3.8) is 0 Å². The van der Waals surface area contributed by atoms with E-state index < -0.39 is 5.25 Å². The van der Waals surface area contributed by atoms with Gasteiger partial charge in [0.15, 0.2) is 0 Å². The number of carbonyl (C=O) groups is 2. The maximum atomic E-state index is 12.8. The molecule has 1 N–H and O–H groups in total. The third-order valence-corrected chi connectivity index (χ3v) is 6.78. The fourth-order valence-corrected chi connectivity index (χ4v) is 4.96. The van der Waals surface area contributed by atoms with E-state index in [1.807, 2.05) is 35.2 Å². The van der Waals surface area contributed by atoms with E-state index in [-0.39, 0.29) is 18.2 Å². The Bertz CT molecular complexity index is 916. The zero-order valence-electron chi connectivity index (χ0n) is 15.0. The highest BCUT2D eigenvalue weighted by atomic mass is 35.5. The minimum absolute atomic E-state index is 0.00359. The molecule has 1 saturated heterocycles. The van der Waals surface area contributed by atoms with E-state index in [9.17, 15) is 9.59 Å². The second kappa shape index (κ2) is 8.23. The van der Waals surface area contributed by atoms with Crippen LogP contribution in [0.4, 0.5) is 11.4 Å². The average molecular weight is 436 g/mol. The number of halogens is 2. The van der Waals surface area contributed by atoms with Crippen LogP contribution < -0.4 is 10.2 Å². The summed E-state index contributed by atoms with van der Waals surface area (Å²) in [6, 6.07) is 13.1. The summed E-state index contributed by atoms with van der Waals surface area (Å²) in [7, 11) is 0. The number of nitrogens with one attached hydrogen (secondary N) is 1. The van der Waals surface area contributed by atoms with Gasteiger partial charge in [0.25, 0.3) is 0 Å². The maximum Gasteiger partial charge on any atom is 0.238 e. The van der Waals surface area contributed by atoms with E-state index in [0.717, 1.165) is 28.7 Å². The summed E-state index contributed by atoms with van der Waals surface area (Å²) in [5, 5.41) is 3.72. The lowest BCUT2D eigenvalue weighted by atomic mass is 10.2. The van der Waals surface area contributed by atoms with E-state index in [4.69, 9.17) is 23.2 Å². The number of para-hydroxylation sites is 1. The molecule has 8 heteroatoms. The highest BCUT2D eigenvalue weighted by Gasteiger charge is 2.31. The standard InChI is InChI=1S/C20H19Cl2N3O2S/c21-13-5-6-17-15(11-13)23-20(27)18(28-17)12-19(26)25-9-7-24(8-10-25)16-4-2-1-3-14(16)22/h1-6,11,18H,7-10,12H2,(H,23,27)/t18-/m1/s1. The Morgan fingerprint density at radius 2 is 1.86 bits per heavy atom. The largest absolute Gasteiger partial charge is 0.367 e. The van der Waals surface area contributed by atoms with Crippen LogP contribution in [0, 0.1) is 0 Å². The normalized spacial score (nSPS) is 19.2. The zero-order chi connectivity index (χ0) is 19.7. The van der Waals surface area contributed by atoms with Crippen LogP contribution in [0.3, 0.4) is 0 Å². The number of amides is 2. The molecule has 0 spiro atoms. The van der Waals surface area contributed by atoms with Gasteiger partial charge in [0.2, 0.25) is 11.8 Å². The first-order chi connectivity index (χ1) is 13.5. The first-order valence-corrected chi connectivity index (χ1v) is 10.7. The number of piperazine rings is 1. The number of hydrogen-bond acceptors (Lipinski definition) is 4. The molecular weight excluding hydrogens is 417 g/mol. The minimum atomic E-state index is -0.428. The van der Waals surface area contributed by atoms with Crippen LogP contribution in [0.25, 0.3) is 0 Å². The van der Waals surface area contributed by atoms with Crippen molar-refractivity contribution in [2.75, 3.05) is 36.4 Å². The first kappa shape index (κ1) is 19.4. The highest BCUT2D eigenvalue weighted by Crippen LogP contribution is 2.38. The van der Waals surface area contributed by atoms with Gasteiger partial charge in [-0.2, -0.15) is 0 Å². The lowest BCUT2D eigenvalue weighted by Gasteiger charge is -2.37. The van der Waals surface area contributed by atoms with Crippen molar-refractivity contribution >= 4 is 58.2 Å². The Balaban J connectivity index is 1.35. The zero-order valence-corrected chi connectivity index (χ0v) is 17.4. The predicted molar refractivity (Wildman–Crippen MR) is 115 cm³/mol. The molecule has 28 heavy (non-hydrogen) atoms. The quantitative estimate of drug-likeness (QED) is 0.786. The molecule has 0 unspecified atom stereocenters. The number of fused-ring (bicyclic) bond motifs is 1. The molecule has 1 fully saturated rings. The summed E-state index contributed by atoms with van der Waals surface area (Å²) in [5.41, 5.74) is 1.70. The molecule has 5 nitrogen and oxygen atoms in total. The summed E-state index contributed by atoms with van der Waals surface area (Å²) < 4.78 is 0. The molecule has 146 valence electrons. The second-order valence-electron chi connectivity index (χ2n) is 6.76. The summed E-state index contributed by atoms with van der Waals surface area (Å²) in [4.78, 5) is 30.1. The molecule has 0 bridgehead atoms. The van der Waals surface area contributed by atoms with Crippen molar-refractivity contribution in [1.29, 1.82) is 0 Å². The van der Waals surface area contributed by atoms with Gasteiger partial charge in [0.05, 0.1) is 21.6 Å². The first-order valence-electron chi connectivity index (χ1n) is 9.05. The van der Waals surface area contributed by atoms with Crippen molar-refractivity contribution in [2.24, 2.45) is 0 Å². The number of thioether (sulfide) groups is 1. The van der Waals surface area contributed by atoms with Crippen molar-refractivity contribution in [3.8, 4) is 0 Å². The molecule has 2 aromatic rings. The van der Waals surface area contributed by atoms with E-state index in [1.165, 1.54) is 11.8 Å². The van der Waals surface area contributed by atoms with Gasteiger partial charge in [-0.3, -0.25) is 9.59 Å². The van der Waals surface area contributed by atoms with Gasteiger partial charge in [0.1, 0.15) is 0 Å². The van der Waals surface area contributed by atoms with Gasteiger partial charge in [-0.1, -0.05) is 35.3 Å². The molecular formula is C20H19Cl2N3O2S. The molecule has 2 aromatic carbocycles. The van der Waals surface area contributed by atoms with Gasteiger partial charge in [0, 0.05) is 42.5 Å². The maximum absolute atomic E-state index is 12.8. The summed E-state index contributed by atoms with van der Waals surface area (Å²) in [5.74, 6) is -0.147. The lowest BCUT2D eigenvalue weighted by Crippen LogP contribution is -2.49. The highest BCUT2D eigenvalue weighted by molar-refractivity contribution is 8.01. The molecule has 2 heterocycles. The third kappa shape index (κ3) is 4.09. The fourth-order valence-electron chi connectivity index (χ4n) is 3.45. The van der Waals surface area contributed by atoms with E-state index >= 15 is 0 Å². The molecule has 0 radical (unpaired) electrons.